The number of amides is 1. The summed E-state index contributed by atoms with van der Waals surface area (Å²) >= 11 is 0. The first-order valence-corrected chi connectivity index (χ1v) is 7.57. The molecule has 0 spiro atoms. The molecule has 0 aliphatic rings. The third-order valence-corrected chi connectivity index (χ3v) is 3.48. The molecular formula is C18H23N3O2. The van der Waals surface area contributed by atoms with Gasteiger partial charge in [0.05, 0.1) is 18.3 Å². The van der Waals surface area contributed by atoms with Gasteiger partial charge in [0.25, 0.3) is 0 Å². The first kappa shape index (κ1) is 17.0. The van der Waals surface area contributed by atoms with Crippen molar-refractivity contribution in [2.24, 2.45) is 0 Å². The number of pyridine rings is 1. The van der Waals surface area contributed by atoms with Gasteiger partial charge in [-0.1, -0.05) is 24.3 Å². The van der Waals surface area contributed by atoms with Crippen LogP contribution in [0.4, 0.5) is 5.69 Å². The molecule has 0 bridgehead atoms. The van der Waals surface area contributed by atoms with E-state index in [1.807, 2.05) is 62.4 Å². The number of para-hydroxylation sites is 1. The first-order chi connectivity index (χ1) is 11.0. The summed E-state index contributed by atoms with van der Waals surface area (Å²) in [6.07, 6.45) is 1.71. The predicted molar refractivity (Wildman–Crippen MR) is 91.1 cm³/mol. The number of nitrogens with one attached hydrogen (secondary N) is 2. The van der Waals surface area contributed by atoms with Crippen molar-refractivity contribution in [2.75, 3.05) is 19.0 Å². The van der Waals surface area contributed by atoms with E-state index in [0.29, 0.717) is 6.61 Å². The van der Waals surface area contributed by atoms with Crippen molar-refractivity contribution in [1.82, 2.24) is 10.3 Å². The van der Waals surface area contributed by atoms with Crippen LogP contribution in [0, 0.1) is 0 Å². The van der Waals surface area contributed by atoms with Crippen molar-refractivity contribution in [1.29, 1.82) is 0 Å². The quantitative estimate of drug-likeness (QED) is 0.825. The number of nitrogens with zero attached hydrogens (tertiary/aromatic N) is 1. The van der Waals surface area contributed by atoms with Gasteiger partial charge in [-0.15, -0.1) is 0 Å². The van der Waals surface area contributed by atoms with Crippen molar-refractivity contribution in [3.8, 4) is 0 Å². The molecule has 2 rings (SSSR count). The average Bonchev–Trinajstić information content (AvgIpc) is 2.55. The maximum absolute atomic E-state index is 12.7. The maximum Gasteiger partial charge on any atom is 0.245 e. The predicted octanol–water partition coefficient (Wildman–Crippen LogP) is 2.78. The lowest BCUT2D eigenvalue weighted by Crippen LogP contribution is -2.49. The van der Waals surface area contributed by atoms with Crippen molar-refractivity contribution in [3.63, 3.8) is 0 Å². The Bertz CT molecular complexity index is 615. The Morgan fingerprint density at radius 2 is 1.87 bits per heavy atom. The summed E-state index contributed by atoms with van der Waals surface area (Å²) in [7, 11) is 1.61. The molecule has 1 aromatic heterocycles. The zero-order chi connectivity index (χ0) is 16.7. The fraction of sp³-hybridized carbons (Fsp3) is 0.333. The maximum atomic E-state index is 12.7. The Hall–Kier alpha value is -2.40. The number of ether oxygens (including phenoxy) is 1. The van der Waals surface area contributed by atoms with E-state index in [2.05, 4.69) is 15.6 Å². The standard InChI is InChI=1S/C18H23N3O2/c1-18(2,21-14-9-5-4-6-10-14)17(22)20-16(13-23-3)15-11-7-8-12-19-15/h4-12,16,21H,13H2,1-3H3,(H,20,22)/t16-/m0/s1. The van der Waals surface area contributed by atoms with Gasteiger partial charge in [-0.2, -0.15) is 0 Å². The highest BCUT2D eigenvalue weighted by atomic mass is 16.5. The lowest BCUT2D eigenvalue weighted by molar-refractivity contribution is -0.125. The van der Waals surface area contributed by atoms with Gasteiger partial charge in [-0.25, -0.2) is 0 Å². The highest BCUT2D eigenvalue weighted by Crippen LogP contribution is 2.17. The van der Waals surface area contributed by atoms with E-state index in [1.54, 1.807) is 13.3 Å². The first-order valence-electron chi connectivity index (χ1n) is 7.57. The monoisotopic (exact) mass is 313 g/mol. The molecule has 0 saturated heterocycles. The van der Waals surface area contributed by atoms with E-state index >= 15 is 0 Å². The fourth-order valence-electron chi connectivity index (χ4n) is 2.23. The summed E-state index contributed by atoms with van der Waals surface area (Å²) in [5, 5.41) is 6.25. The largest absolute Gasteiger partial charge is 0.382 e. The number of aromatic nitrogens is 1. The van der Waals surface area contributed by atoms with E-state index in [-0.39, 0.29) is 11.9 Å². The molecule has 1 heterocycles. The van der Waals surface area contributed by atoms with Gasteiger partial charge in [-0.05, 0) is 38.1 Å². The lowest BCUT2D eigenvalue weighted by Gasteiger charge is -2.29. The molecule has 5 heteroatoms. The van der Waals surface area contributed by atoms with Crippen molar-refractivity contribution in [2.45, 2.75) is 25.4 Å². The summed E-state index contributed by atoms with van der Waals surface area (Å²) in [5.41, 5.74) is 0.911. The molecule has 0 aliphatic heterocycles. The van der Waals surface area contributed by atoms with Gasteiger partial charge in [0, 0.05) is 19.0 Å². The second-order valence-corrected chi connectivity index (χ2v) is 5.85. The van der Waals surface area contributed by atoms with Crippen LogP contribution in [0.5, 0.6) is 0 Å². The lowest BCUT2D eigenvalue weighted by atomic mass is 10.0. The molecule has 122 valence electrons. The summed E-state index contributed by atoms with van der Waals surface area (Å²) < 4.78 is 5.22. The van der Waals surface area contributed by atoms with Crippen LogP contribution in [0.25, 0.3) is 0 Å². The molecule has 23 heavy (non-hydrogen) atoms. The molecule has 0 unspecified atom stereocenters. The van der Waals surface area contributed by atoms with Crippen LogP contribution in [0.15, 0.2) is 54.7 Å². The van der Waals surface area contributed by atoms with Crippen LogP contribution in [0.3, 0.4) is 0 Å². The molecule has 5 nitrogen and oxygen atoms in total. The summed E-state index contributed by atoms with van der Waals surface area (Å²) in [6.45, 7) is 4.05. The molecule has 0 radical (unpaired) electrons. The van der Waals surface area contributed by atoms with E-state index in [4.69, 9.17) is 4.74 Å². The second-order valence-electron chi connectivity index (χ2n) is 5.85. The summed E-state index contributed by atoms with van der Waals surface area (Å²) in [6, 6.07) is 15.0. The number of hydrogen-bond donors (Lipinski definition) is 2. The SMILES string of the molecule is COC[C@H](NC(=O)C(C)(C)Nc1ccccc1)c1ccccn1. The number of anilines is 1. The summed E-state index contributed by atoms with van der Waals surface area (Å²) in [5.74, 6) is -0.117. The fourth-order valence-corrected chi connectivity index (χ4v) is 2.23. The van der Waals surface area contributed by atoms with E-state index in [0.717, 1.165) is 11.4 Å². The number of carbonyl (C=O) groups is 1. The third-order valence-electron chi connectivity index (χ3n) is 3.48. The molecule has 1 amide bonds. The number of benzene rings is 1. The minimum atomic E-state index is -0.762. The normalized spacial score (nSPS) is 12.5. The number of carbonyl (C=O) groups excluding carboxylic acids is 1. The van der Waals surface area contributed by atoms with Crippen LogP contribution < -0.4 is 10.6 Å². The van der Waals surface area contributed by atoms with Crippen molar-refractivity contribution in [3.05, 3.63) is 60.4 Å². The van der Waals surface area contributed by atoms with Gasteiger partial charge in [-0.3, -0.25) is 9.78 Å². The van der Waals surface area contributed by atoms with Gasteiger partial charge in [0.15, 0.2) is 0 Å². The highest BCUT2D eigenvalue weighted by molar-refractivity contribution is 5.88. The minimum absolute atomic E-state index is 0.117. The van der Waals surface area contributed by atoms with E-state index < -0.39 is 5.54 Å². The molecule has 1 atom stereocenters. The Labute approximate surface area is 137 Å². The van der Waals surface area contributed by atoms with Gasteiger partial charge in [0.2, 0.25) is 5.91 Å². The topological polar surface area (TPSA) is 63.2 Å². The zero-order valence-electron chi connectivity index (χ0n) is 13.7. The molecule has 0 saturated carbocycles. The highest BCUT2D eigenvalue weighted by Gasteiger charge is 2.29. The molecule has 0 aliphatic carbocycles. The number of methoxy groups -OCH3 is 1. The Morgan fingerprint density at radius 3 is 2.48 bits per heavy atom. The number of hydrogen-bond acceptors (Lipinski definition) is 4. The van der Waals surface area contributed by atoms with Crippen molar-refractivity contribution < 1.29 is 9.53 Å². The zero-order valence-corrected chi connectivity index (χ0v) is 13.7. The Kier molecular flexibility index (Phi) is 5.71. The van der Waals surface area contributed by atoms with Gasteiger partial charge >= 0.3 is 0 Å². The Balaban J connectivity index is 2.08. The molecule has 1 aromatic carbocycles. The van der Waals surface area contributed by atoms with Crippen LogP contribution in [0.2, 0.25) is 0 Å². The van der Waals surface area contributed by atoms with Crippen LogP contribution in [0.1, 0.15) is 25.6 Å². The van der Waals surface area contributed by atoms with Crippen LogP contribution >= 0.6 is 0 Å². The van der Waals surface area contributed by atoms with Crippen LogP contribution in [-0.2, 0) is 9.53 Å². The summed E-state index contributed by atoms with van der Waals surface area (Å²) in [4.78, 5) is 17.0. The third kappa shape index (κ3) is 4.79. The Morgan fingerprint density at radius 1 is 1.17 bits per heavy atom. The minimum Gasteiger partial charge on any atom is -0.382 e. The van der Waals surface area contributed by atoms with Gasteiger partial charge in [0.1, 0.15) is 5.54 Å². The molecular weight excluding hydrogens is 290 g/mol. The molecule has 0 fully saturated rings. The van der Waals surface area contributed by atoms with E-state index in [1.165, 1.54) is 0 Å². The van der Waals surface area contributed by atoms with Crippen LogP contribution in [-0.4, -0.2) is 30.1 Å². The average molecular weight is 313 g/mol. The molecule has 2 aromatic rings. The van der Waals surface area contributed by atoms with Gasteiger partial charge < -0.3 is 15.4 Å². The smallest absolute Gasteiger partial charge is 0.245 e. The van der Waals surface area contributed by atoms with E-state index in [9.17, 15) is 4.79 Å². The number of rotatable bonds is 7. The molecule has 2 N–H and O–H groups in total. The van der Waals surface area contributed by atoms with Crippen molar-refractivity contribution >= 4 is 11.6 Å². The second kappa shape index (κ2) is 7.74.